The zero-order valence-corrected chi connectivity index (χ0v) is 28.5. The SMILES string of the molecule is c1ccc(-c2nnc(-c3ccc(N(c4ccc5cc6c(cc5c4)oc4ccccc46)c4ccc5cc6c(cc5c4)oc4ccccc46)cc3)s2)cc1. The third kappa shape index (κ3) is 4.69. The molecule has 3 heterocycles. The van der Waals surface area contributed by atoms with Crippen LogP contribution in [0.3, 0.4) is 0 Å². The van der Waals surface area contributed by atoms with Crippen LogP contribution in [0.1, 0.15) is 0 Å². The van der Waals surface area contributed by atoms with Crippen LogP contribution in [-0.4, -0.2) is 10.2 Å². The Balaban J connectivity index is 1.05. The van der Waals surface area contributed by atoms with Gasteiger partial charge in [-0.05, 0) is 106 Å². The molecule has 0 saturated heterocycles. The lowest BCUT2D eigenvalue weighted by Crippen LogP contribution is -2.09. The highest BCUT2D eigenvalue weighted by Crippen LogP contribution is 2.41. The largest absolute Gasteiger partial charge is 0.456 e. The van der Waals surface area contributed by atoms with Crippen molar-refractivity contribution in [2.24, 2.45) is 0 Å². The summed E-state index contributed by atoms with van der Waals surface area (Å²) in [5, 5.41) is 19.9. The first-order valence-electron chi connectivity index (χ1n) is 17.2. The summed E-state index contributed by atoms with van der Waals surface area (Å²) in [6.45, 7) is 0. The number of hydrogen-bond acceptors (Lipinski definition) is 6. The number of aromatic nitrogens is 2. The van der Waals surface area contributed by atoms with Gasteiger partial charge in [-0.25, -0.2) is 0 Å². The number of anilines is 3. The molecule has 0 amide bonds. The summed E-state index contributed by atoms with van der Waals surface area (Å²) in [6.07, 6.45) is 0. The third-order valence-corrected chi connectivity index (χ3v) is 11.0. The quantitative estimate of drug-likeness (QED) is 0.180. The standard InChI is InChI=1S/C46H27N3O2S/c1-2-8-28(9-3-1)45-47-48-46(52-45)29-14-18-34(19-15-29)49(35-20-16-30-24-39-37-10-4-6-12-41(37)50-43(39)26-32(30)22-35)36-21-17-31-25-40-38-11-5-7-13-42(38)51-44(40)27-33(31)23-36/h1-27H. The van der Waals surface area contributed by atoms with Crippen molar-refractivity contribution in [1.29, 1.82) is 0 Å². The number of para-hydroxylation sites is 2. The molecule has 11 aromatic rings. The van der Waals surface area contributed by atoms with E-state index in [0.29, 0.717) is 0 Å². The molecule has 0 aliphatic carbocycles. The Morgan fingerprint density at radius 1 is 0.365 bits per heavy atom. The van der Waals surface area contributed by atoms with Gasteiger partial charge in [-0.2, -0.15) is 0 Å². The fourth-order valence-electron chi connectivity index (χ4n) is 7.43. The highest BCUT2D eigenvalue weighted by molar-refractivity contribution is 7.17. The summed E-state index contributed by atoms with van der Waals surface area (Å²) in [6, 6.07) is 57.4. The van der Waals surface area contributed by atoms with Gasteiger partial charge in [0, 0.05) is 49.7 Å². The van der Waals surface area contributed by atoms with E-state index in [9.17, 15) is 0 Å². The first-order valence-corrected chi connectivity index (χ1v) is 18.0. The highest BCUT2D eigenvalue weighted by atomic mass is 32.1. The van der Waals surface area contributed by atoms with Crippen LogP contribution in [0.25, 0.3) is 86.6 Å². The van der Waals surface area contributed by atoms with Crippen LogP contribution >= 0.6 is 11.3 Å². The Bertz CT molecular complexity index is 2990. The molecular formula is C46H27N3O2S. The van der Waals surface area contributed by atoms with Gasteiger partial charge in [-0.3, -0.25) is 0 Å². The Morgan fingerprint density at radius 3 is 1.40 bits per heavy atom. The topological polar surface area (TPSA) is 55.3 Å². The Morgan fingerprint density at radius 2 is 0.846 bits per heavy atom. The minimum Gasteiger partial charge on any atom is -0.456 e. The summed E-state index contributed by atoms with van der Waals surface area (Å²) >= 11 is 1.60. The Hall–Kier alpha value is -6.76. The zero-order valence-electron chi connectivity index (χ0n) is 27.7. The van der Waals surface area contributed by atoms with Gasteiger partial charge in [0.15, 0.2) is 0 Å². The lowest BCUT2D eigenvalue weighted by molar-refractivity contribution is 0.669. The maximum atomic E-state index is 6.29. The van der Waals surface area contributed by atoms with Crippen molar-refractivity contribution in [2.75, 3.05) is 4.90 Å². The summed E-state index contributed by atoms with van der Waals surface area (Å²) in [7, 11) is 0. The van der Waals surface area contributed by atoms with E-state index in [1.807, 2.05) is 42.5 Å². The molecule has 0 spiro atoms. The van der Waals surface area contributed by atoms with Gasteiger partial charge in [0.1, 0.15) is 32.3 Å². The smallest absolute Gasteiger partial charge is 0.148 e. The predicted octanol–water partition coefficient (Wildman–Crippen LogP) is 13.4. The molecule has 6 heteroatoms. The zero-order chi connectivity index (χ0) is 34.2. The van der Waals surface area contributed by atoms with E-state index in [2.05, 4.69) is 136 Å². The molecule has 5 nitrogen and oxygen atoms in total. The average Bonchev–Trinajstić information content (AvgIpc) is 3.92. The Kier molecular flexibility index (Phi) is 6.35. The molecule has 52 heavy (non-hydrogen) atoms. The summed E-state index contributed by atoms with van der Waals surface area (Å²) in [5.41, 5.74) is 8.78. The second-order valence-electron chi connectivity index (χ2n) is 13.1. The average molecular weight is 686 g/mol. The summed E-state index contributed by atoms with van der Waals surface area (Å²) in [5.74, 6) is 0. The first kappa shape index (κ1) is 29.0. The fourth-order valence-corrected chi connectivity index (χ4v) is 8.28. The van der Waals surface area contributed by atoms with E-state index in [1.165, 1.54) is 0 Å². The molecule has 0 radical (unpaired) electrons. The molecule has 11 rings (SSSR count). The van der Waals surface area contributed by atoms with Gasteiger partial charge in [-0.1, -0.05) is 90.2 Å². The van der Waals surface area contributed by atoms with Crippen molar-refractivity contribution in [3.05, 3.63) is 164 Å². The number of nitrogens with zero attached hydrogens (tertiary/aromatic N) is 3. The molecule has 244 valence electrons. The van der Waals surface area contributed by atoms with E-state index in [1.54, 1.807) is 11.3 Å². The number of hydrogen-bond donors (Lipinski definition) is 0. The van der Waals surface area contributed by atoms with E-state index in [4.69, 9.17) is 8.83 Å². The van der Waals surface area contributed by atoms with Crippen molar-refractivity contribution in [1.82, 2.24) is 10.2 Å². The number of fused-ring (bicyclic) bond motifs is 8. The van der Waals surface area contributed by atoms with E-state index >= 15 is 0 Å². The molecule has 0 unspecified atom stereocenters. The summed E-state index contributed by atoms with van der Waals surface area (Å²) in [4.78, 5) is 2.31. The van der Waals surface area contributed by atoms with Gasteiger partial charge in [0.2, 0.25) is 0 Å². The maximum Gasteiger partial charge on any atom is 0.148 e. The molecule has 0 bridgehead atoms. The number of benzene rings is 8. The van der Waals surface area contributed by atoms with E-state index in [-0.39, 0.29) is 0 Å². The van der Waals surface area contributed by atoms with Crippen molar-refractivity contribution >= 4 is 93.8 Å². The van der Waals surface area contributed by atoms with Crippen LogP contribution < -0.4 is 4.90 Å². The first-order chi connectivity index (χ1) is 25.7. The maximum absolute atomic E-state index is 6.29. The van der Waals surface area contributed by atoms with Crippen LogP contribution in [0.15, 0.2) is 173 Å². The van der Waals surface area contributed by atoms with E-state index < -0.39 is 0 Å². The minimum absolute atomic E-state index is 0.884. The molecule has 0 saturated carbocycles. The predicted molar refractivity (Wildman–Crippen MR) is 215 cm³/mol. The van der Waals surface area contributed by atoms with Crippen LogP contribution in [0.4, 0.5) is 17.1 Å². The van der Waals surface area contributed by atoms with Gasteiger partial charge in [-0.15, -0.1) is 10.2 Å². The lowest BCUT2D eigenvalue weighted by atomic mass is 10.0. The van der Waals surface area contributed by atoms with Gasteiger partial charge < -0.3 is 13.7 Å². The van der Waals surface area contributed by atoms with Gasteiger partial charge in [0.05, 0.1) is 0 Å². The van der Waals surface area contributed by atoms with Gasteiger partial charge in [0.25, 0.3) is 0 Å². The molecule has 0 aliphatic rings. The van der Waals surface area contributed by atoms with Gasteiger partial charge >= 0.3 is 0 Å². The van der Waals surface area contributed by atoms with Crippen molar-refractivity contribution in [3.63, 3.8) is 0 Å². The fraction of sp³-hybridized carbons (Fsp3) is 0. The van der Waals surface area contributed by atoms with E-state index in [0.717, 1.165) is 104 Å². The molecule has 0 fully saturated rings. The molecule has 0 atom stereocenters. The number of rotatable bonds is 5. The third-order valence-electron chi connectivity index (χ3n) is 9.97. The Labute approximate surface area is 301 Å². The number of furan rings is 2. The second kappa shape index (κ2) is 11.4. The minimum atomic E-state index is 0.884. The molecule has 0 N–H and O–H groups in total. The van der Waals surface area contributed by atoms with Crippen LogP contribution in [-0.2, 0) is 0 Å². The second-order valence-corrected chi connectivity index (χ2v) is 14.1. The van der Waals surface area contributed by atoms with Crippen molar-refractivity contribution < 1.29 is 8.83 Å². The van der Waals surface area contributed by atoms with Crippen molar-refractivity contribution in [2.45, 2.75) is 0 Å². The summed E-state index contributed by atoms with van der Waals surface area (Å²) < 4.78 is 12.6. The molecular weight excluding hydrogens is 659 g/mol. The molecule has 8 aromatic carbocycles. The highest BCUT2D eigenvalue weighted by Gasteiger charge is 2.17. The monoisotopic (exact) mass is 685 g/mol. The molecule has 0 aliphatic heterocycles. The lowest BCUT2D eigenvalue weighted by Gasteiger charge is -2.26. The van der Waals surface area contributed by atoms with Crippen LogP contribution in [0.5, 0.6) is 0 Å². The van der Waals surface area contributed by atoms with Crippen molar-refractivity contribution in [3.8, 4) is 21.1 Å². The normalized spacial score (nSPS) is 11.8. The van der Waals surface area contributed by atoms with Crippen LogP contribution in [0, 0.1) is 0 Å². The van der Waals surface area contributed by atoms with Crippen LogP contribution in [0.2, 0.25) is 0 Å². The molecule has 3 aromatic heterocycles.